The zero-order chi connectivity index (χ0) is 28.8. The van der Waals surface area contributed by atoms with Crippen molar-refractivity contribution in [1.82, 2.24) is 24.4 Å². The van der Waals surface area contributed by atoms with E-state index in [1.165, 1.54) is 29.2 Å². The Balaban J connectivity index is 1.47. The molecule has 40 heavy (non-hydrogen) atoms. The highest BCUT2D eigenvalue weighted by atomic mass is 35.5. The summed E-state index contributed by atoms with van der Waals surface area (Å²) in [6, 6.07) is 9.49. The van der Waals surface area contributed by atoms with Gasteiger partial charge in [0.05, 0.1) is 24.1 Å². The number of benzene rings is 2. The SMILES string of the molecule is O=C(Nc1cnn(Cc2ccc(F)cc2Cl)c1)c1cc2nc(-c3ccc(F)cc3)cc(C(F)(F)C(F)(F)F)n2n1. The second-order valence-electron chi connectivity index (χ2n) is 8.52. The van der Waals surface area contributed by atoms with Gasteiger partial charge in [0.1, 0.15) is 17.3 Å². The Morgan fingerprint density at radius 1 is 0.950 bits per heavy atom. The minimum Gasteiger partial charge on any atom is -0.318 e. The predicted molar refractivity (Wildman–Crippen MR) is 129 cm³/mol. The van der Waals surface area contributed by atoms with Gasteiger partial charge in [-0.3, -0.25) is 9.48 Å². The molecule has 0 aliphatic heterocycles. The second-order valence-corrected chi connectivity index (χ2v) is 8.93. The largest absolute Gasteiger partial charge is 0.459 e. The molecule has 2 aromatic carbocycles. The molecule has 0 saturated carbocycles. The molecule has 0 aliphatic carbocycles. The molecule has 0 radical (unpaired) electrons. The average molecular weight is 583 g/mol. The van der Waals surface area contributed by atoms with Crippen LogP contribution in [0.5, 0.6) is 0 Å². The highest BCUT2D eigenvalue weighted by Gasteiger charge is 2.60. The van der Waals surface area contributed by atoms with Crippen molar-refractivity contribution in [3.8, 4) is 11.3 Å². The number of hydrogen-bond acceptors (Lipinski definition) is 4. The molecule has 3 heterocycles. The molecule has 206 valence electrons. The van der Waals surface area contributed by atoms with E-state index < -0.39 is 46.7 Å². The third-order valence-electron chi connectivity index (χ3n) is 5.72. The molecule has 1 amide bonds. The molecule has 0 bridgehead atoms. The van der Waals surface area contributed by atoms with Gasteiger partial charge in [0.25, 0.3) is 5.91 Å². The van der Waals surface area contributed by atoms with Crippen molar-refractivity contribution in [2.24, 2.45) is 0 Å². The van der Waals surface area contributed by atoms with Gasteiger partial charge >= 0.3 is 12.1 Å². The van der Waals surface area contributed by atoms with Crippen molar-refractivity contribution < 1.29 is 35.5 Å². The highest BCUT2D eigenvalue weighted by Crippen LogP contribution is 2.44. The molecule has 0 spiro atoms. The van der Waals surface area contributed by atoms with Crippen molar-refractivity contribution in [1.29, 1.82) is 0 Å². The number of carbonyl (C=O) groups is 1. The van der Waals surface area contributed by atoms with Crippen LogP contribution in [0.3, 0.4) is 0 Å². The van der Waals surface area contributed by atoms with Crippen LogP contribution in [0.1, 0.15) is 21.7 Å². The fourth-order valence-corrected chi connectivity index (χ4v) is 3.98. The zero-order valence-electron chi connectivity index (χ0n) is 19.7. The van der Waals surface area contributed by atoms with Crippen LogP contribution >= 0.6 is 11.6 Å². The van der Waals surface area contributed by atoms with Crippen molar-refractivity contribution >= 4 is 28.8 Å². The van der Waals surface area contributed by atoms with Gasteiger partial charge in [0.2, 0.25) is 0 Å². The van der Waals surface area contributed by atoms with Gasteiger partial charge in [0, 0.05) is 22.8 Å². The monoisotopic (exact) mass is 582 g/mol. The van der Waals surface area contributed by atoms with E-state index in [1.807, 2.05) is 0 Å². The zero-order valence-corrected chi connectivity index (χ0v) is 20.5. The van der Waals surface area contributed by atoms with E-state index in [0.29, 0.717) is 11.6 Å². The standard InChI is InChI=1S/C25H14ClF7N6O/c26-18-7-16(28)6-3-14(18)11-38-12-17(10-34-38)35-23(40)20-9-22-36-19(13-1-4-15(27)5-2-13)8-21(39(22)37-20)24(29,30)25(31,32)33/h1-10,12H,11H2,(H,35,40). The number of alkyl halides is 5. The van der Waals surface area contributed by atoms with E-state index >= 15 is 0 Å². The lowest BCUT2D eigenvalue weighted by Crippen LogP contribution is -2.36. The summed E-state index contributed by atoms with van der Waals surface area (Å²) >= 11 is 6.01. The first kappa shape index (κ1) is 27.1. The summed E-state index contributed by atoms with van der Waals surface area (Å²) in [7, 11) is 0. The van der Waals surface area contributed by atoms with E-state index in [9.17, 15) is 35.5 Å². The normalized spacial score (nSPS) is 12.2. The molecule has 1 N–H and O–H groups in total. The Bertz CT molecular complexity index is 1730. The highest BCUT2D eigenvalue weighted by molar-refractivity contribution is 6.31. The number of halogens is 8. The number of rotatable bonds is 6. The van der Waals surface area contributed by atoms with Gasteiger partial charge in [-0.15, -0.1) is 0 Å². The third kappa shape index (κ3) is 5.21. The van der Waals surface area contributed by atoms with E-state index in [0.717, 1.165) is 36.4 Å². The lowest BCUT2D eigenvalue weighted by atomic mass is 10.1. The molecule has 0 aliphatic rings. The van der Waals surface area contributed by atoms with Gasteiger partial charge in [-0.1, -0.05) is 17.7 Å². The van der Waals surface area contributed by atoms with Crippen LogP contribution in [0.15, 0.2) is 67.0 Å². The number of nitrogens with zero attached hydrogens (tertiary/aromatic N) is 5. The van der Waals surface area contributed by atoms with Gasteiger partial charge in [-0.2, -0.15) is 32.1 Å². The van der Waals surface area contributed by atoms with Crippen LogP contribution in [-0.4, -0.2) is 36.5 Å². The molecular weight excluding hydrogens is 569 g/mol. The minimum atomic E-state index is -5.99. The maximum absolute atomic E-state index is 14.5. The van der Waals surface area contributed by atoms with Crippen LogP contribution < -0.4 is 5.32 Å². The van der Waals surface area contributed by atoms with Crippen molar-refractivity contribution in [2.75, 3.05) is 5.32 Å². The van der Waals surface area contributed by atoms with Crippen molar-refractivity contribution in [2.45, 2.75) is 18.6 Å². The first-order chi connectivity index (χ1) is 18.8. The molecule has 15 heteroatoms. The van der Waals surface area contributed by atoms with Gasteiger partial charge in [0.15, 0.2) is 11.3 Å². The summed E-state index contributed by atoms with van der Waals surface area (Å²) in [5, 5.41) is 10.3. The van der Waals surface area contributed by atoms with Gasteiger partial charge in [-0.05, 0) is 48.0 Å². The fourth-order valence-electron chi connectivity index (χ4n) is 3.76. The molecule has 0 atom stereocenters. The van der Waals surface area contributed by atoms with Crippen LogP contribution in [0.2, 0.25) is 5.02 Å². The van der Waals surface area contributed by atoms with E-state index in [-0.39, 0.29) is 33.0 Å². The second kappa shape index (κ2) is 9.93. The van der Waals surface area contributed by atoms with E-state index in [4.69, 9.17) is 11.6 Å². The van der Waals surface area contributed by atoms with Gasteiger partial charge < -0.3 is 5.32 Å². The number of fused-ring (bicyclic) bond motifs is 1. The van der Waals surface area contributed by atoms with Crippen LogP contribution in [0, 0.1) is 11.6 Å². The average Bonchev–Trinajstić information content (AvgIpc) is 3.51. The maximum Gasteiger partial charge on any atom is 0.459 e. The van der Waals surface area contributed by atoms with Gasteiger partial charge in [-0.25, -0.2) is 18.3 Å². The Labute approximate surface area is 224 Å². The fraction of sp³-hybridized carbons (Fsp3) is 0.120. The third-order valence-corrected chi connectivity index (χ3v) is 6.07. The maximum atomic E-state index is 14.5. The summed E-state index contributed by atoms with van der Waals surface area (Å²) in [5.41, 5.74) is -2.17. The molecule has 0 unspecified atom stereocenters. The van der Waals surface area contributed by atoms with E-state index in [1.54, 1.807) is 0 Å². The molecule has 3 aromatic heterocycles. The Morgan fingerprint density at radius 2 is 1.65 bits per heavy atom. The molecule has 5 aromatic rings. The number of nitrogens with one attached hydrogen (secondary N) is 1. The number of carbonyl (C=O) groups excluding carboxylic acids is 1. The molecule has 5 rings (SSSR count). The predicted octanol–water partition coefficient (Wildman–Crippen LogP) is 6.48. The van der Waals surface area contributed by atoms with Crippen molar-refractivity contribution in [3.05, 3.63) is 101 Å². The first-order valence-electron chi connectivity index (χ1n) is 11.2. The Hall–Kier alpha value is -4.46. The topological polar surface area (TPSA) is 77.1 Å². The lowest BCUT2D eigenvalue weighted by molar-refractivity contribution is -0.291. The minimum absolute atomic E-state index is 0.0593. The summed E-state index contributed by atoms with van der Waals surface area (Å²) in [6.45, 7) is 0.120. The Kier molecular flexibility index (Phi) is 6.74. The summed E-state index contributed by atoms with van der Waals surface area (Å²) in [5.74, 6) is -7.50. The van der Waals surface area contributed by atoms with Crippen LogP contribution in [-0.2, 0) is 12.5 Å². The molecule has 0 fully saturated rings. The number of aromatic nitrogens is 5. The van der Waals surface area contributed by atoms with Crippen LogP contribution in [0.4, 0.5) is 36.4 Å². The number of hydrogen-bond donors (Lipinski definition) is 1. The lowest BCUT2D eigenvalue weighted by Gasteiger charge is -2.21. The first-order valence-corrected chi connectivity index (χ1v) is 11.6. The summed E-state index contributed by atoms with van der Waals surface area (Å²) in [4.78, 5) is 16.9. The molecule has 0 saturated heterocycles. The van der Waals surface area contributed by atoms with Crippen LogP contribution in [0.25, 0.3) is 16.9 Å². The number of anilines is 1. The quantitative estimate of drug-likeness (QED) is 0.233. The molecular formula is C25H14ClF7N6O. The molecule has 7 nitrogen and oxygen atoms in total. The van der Waals surface area contributed by atoms with Crippen molar-refractivity contribution in [3.63, 3.8) is 0 Å². The van der Waals surface area contributed by atoms with E-state index in [2.05, 4.69) is 20.5 Å². The summed E-state index contributed by atoms with van der Waals surface area (Å²) in [6.07, 6.45) is -3.35. The summed E-state index contributed by atoms with van der Waals surface area (Å²) < 4.78 is 97.2. The smallest absolute Gasteiger partial charge is 0.318 e. The number of amides is 1. The Morgan fingerprint density at radius 3 is 2.33 bits per heavy atom.